The molecule has 2 heteroatoms. The van der Waals surface area contributed by atoms with Crippen molar-refractivity contribution in [3.8, 4) is 0 Å². The molecule has 0 fully saturated rings. The molecule has 2 aromatic carbocycles. The van der Waals surface area contributed by atoms with Crippen molar-refractivity contribution in [3.63, 3.8) is 0 Å². The molecule has 0 N–H and O–H groups in total. The fraction of sp³-hybridized carbons (Fsp3) is 0.143. The summed E-state index contributed by atoms with van der Waals surface area (Å²) >= 11 is -2.47. The van der Waals surface area contributed by atoms with Crippen LogP contribution in [0.5, 0.6) is 0 Å². The normalized spacial score (nSPS) is 10.0. The van der Waals surface area contributed by atoms with Gasteiger partial charge in [-0.15, -0.1) is 0 Å². The van der Waals surface area contributed by atoms with Gasteiger partial charge in [-0.1, -0.05) is 0 Å². The summed E-state index contributed by atoms with van der Waals surface area (Å²) in [6, 6.07) is 20.3. The molecule has 0 spiro atoms. The molecule has 1 nitrogen and oxygen atoms in total. The molecule has 0 aliphatic carbocycles. The molecule has 0 atom stereocenters. The number of rotatable bonds is 4. The van der Waals surface area contributed by atoms with Crippen LogP contribution >= 0.6 is 0 Å². The van der Waals surface area contributed by atoms with Gasteiger partial charge in [0.2, 0.25) is 0 Å². The fourth-order valence-electron chi connectivity index (χ4n) is 1.71. The Morgan fingerprint density at radius 1 is 0.688 bits per heavy atom. The van der Waals surface area contributed by atoms with Crippen LogP contribution in [0.3, 0.4) is 0 Å². The van der Waals surface area contributed by atoms with Crippen LogP contribution in [0.2, 0.25) is 0 Å². The minimum atomic E-state index is -2.47. The zero-order valence-corrected chi connectivity index (χ0v) is 12.0. The van der Waals surface area contributed by atoms with Crippen molar-refractivity contribution in [2.75, 3.05) is 0 Å². The second kappa shape index (κ2) is 5.94. The van der Waals surface area contributed by atoms with E-state index in [0.29, 0.717) is 0 Å². The summed E-state index contributed by atoms with van der Waals surface area (Å²) in [4.78, 5) is 0. The van der Waals surface area contributed by atoms with E-state index in [1.54, 1.807) is 0 Å². The van der Waals surface area contributed by atoms with Gasteiger partial charge >= 0.3 is 103 Å². The van der Waals surface area contributed by atoms with Crippen molar-refractivity contribution >= 4 is 19.7 Å². The monoisotopic (exact) mass is 318 g/mol. The Bertz CT molecular complexity index is 407. The predicted octanol–water partition coefficient (Wildman–Crippen LogP) is 2.97. The Kier molecular flexibility index (Phi) is 4.28. The summed E-state index contributed by atoms with van der Waals surface area (Å²) in [6.45, 7) is 0. The molecule has 0 radical (unpaired) electrons. The van der Waals surface area contributed by atoms with Crippen LogP contribution in [0.1, 0.15) is 11.1 Å². The molecule has 0 unspecified atom stereocenters. The summed E-state index contributed by atoms with van der Waals surface area (Å²) in [5, 5.41) is 0. The molecule has 80 valence electrons. The third kappa shape index (κ3) is 3.56. The van der Waals surface area contributed by atoms with Crippen LogP contribution in [0.25, 0.3) is 0 Å². The maximum atomic E-state index is 12.1. The van der Waals surface area contributed by atoms with Gasteiger partial charge in [-0.05, 0) is 0 Å². The molecular formula is C14H14OSn. The van der Waals surface area contributed by atoms with Gasteiger partial charge in [-0.25, -0.2) is 0 Å². The van der Waals surface area contributed by atoms with E-state index in [4.69, 9.17) is 0 Å². The molecule has 0 aliphatic heterocycles. The van der Waals surface area contributed by atoms with Gasteiger partial charge in [0.25, 0.3) is 0 Å². The Hall–Kier alpha value is -0.961. The molecular weight excluding hydrogens is 303 g/mol. The van der Waals surface area contributed by atoms with E-state index >= 15 is 0 Å². The zero-order valence-electron chi connectivity index (χ0n) is 9.10. The van der Waals surface area contributed by atoms with Crippen LogP contribution in [0.15, 0.2) is 60.7 Å². The first-order valence-corrected chi connectivity index (χ1v) is 10.6. The quantitative estimate of drug-likeness (QED) is 0.793. The van der Waals surface area contributed by atoms with Crippen LogP contribution < -0.4 is 0 Å². The standard InChI is InChI=1S/2C7H7.O.Sn/c2*1-7-5-3-2-4-6-7;;/h2*2-6H,1H2;;. The zero-order chi connectivity index (χ0) is 11.2. The summed E-state index contributed by atoms with van der Waals surface area (Å²) in [6.07, 6.45) is 0. The first-order valence-electron chi connectivity index (χ1n) is 5.44. The molecule has 2 aromatic rings. The van der Waals surface area contributed by atoms with Gasteiger partial charge in [0.05, 0.1) is 0 Å². The van der Waals surface area contributed by atoms with E-state index in [-0.39, 0.29) is 0 Å². The van der Waals surface area contributed by atoms with Gasteiger partial charge < -0.3 is 0 Å². The van der Waals surface area contributed by atoms with E-state index in [1.807, 2.05) is 36.4 Å². The van der Waals surface area contributed by atoms with E-state index in [2.05, 4.69) is 24.3 Å². The van der Waals surface area contributed by atoms with Crippen molar-refractivity contribution in [2.24, 2.45) is 0 Å². The fourth-order valence-corrected chi connectivity index (χ4v) is 6.01. The maximum absolute atomic E-state index is 12.1. The van der Waals surface area contributed by atoms with Crippen molar-refractivity contribution in [2.45, 2.75) is 8.87 Å². The summed E-state index contributed by atoms with van der Waals surface area (Å²) in [5.74, 6) is 0. The molecule has 0 amide bonds. The summed E-state index contributed by atoms with van der Waals surface area (Å²) in [7, 11) is 0. The third-order valence-corrected chi connectivity index (χ3v) is 7.07. The SMILES string of the molecule is [O]=[Sn]([CH2]c1ccccc1)[CH2]c1ccccc1. The first kappa shape index (κ1) is 11.5. The van der Waals surface area contributed by atoms with Crippen molar-refractivity contribution < 1.29 is 3.08 Å². The molecule has 0 bridgehead atoms. The Morgan fingerprint density at radius 2 is 1.06 bits per heavy atom. The topological polar surface area (TPSA) is 17.1 Å². The Balaban J connectivity index is 1.95. The van der Waals surface area contributed by atoms with Crippen molar-refractivity contribution in [3.05, 3.63) is 71.8 Å². The average molecular weight is 317 g/mol. The molecule has 2 rings (SSSR count). The van der Waals surface area contributed by atoms with E-state index < -0.39 is 19.7 Å². The van der Waals surface area contributed by atoms with Gasteiger partial charge in [0.1, 0.15) is 0 Å². The molecule has 16 heavy (non-hydrogen) atoms. The van der Waals surface area contributed by atoms with Crippen LogP contribution in [-0.2, 0) is 12.0 Å². The van der Waals surface area contributed by atoms with Gasteiger partial charge in [-0.3, -0.25) is 0 Å². The number of hydrogen-bond acceptors (Lipinski definition) is 1. The van der Waals surface area contributed by atoms with Gasteiger partial charge in [0.15, 0.2) is 0 Å². The average Bonchev–Trinajstić information content (AvgIpc) is 2.31. The molecule has 0 saturated carbocycles. The van der Waals surface area contributed by atoms with E-state index in [1.165, 1.54) is 11.1 Å². The second-order valence-electron chi connectivity index (χ2n) is 3.86. The predicted molar refractivity (Wildman–Crippen MR) is 66.7 cm³/mol. The van der Waals surface area contributed by atoms with Crippen molar-refractivity contribution in [1.29, 1.82) is 0 Å². The van der Waals surface area contributed by atoms with Gasteiger partial charge in [0, 0.05) is 0 Å². The molecule has 0 saturated heterocycles. The van der Waals surface area contributed by atoms with E-state index in [0.717, 1.165) is 8.87 Å². The first-order chi connectivity index (χ1) is 7.84. The summed E-state index contributed by atoms with van der Waals surface area (Å²) < 4.78 is 13.7. The van der Waals surface area contributed by atoms with E-state index in [9.17, 15) is 3.08 Å². The third-order valence-electron chi connectivity index (χ3n) is 2.49. The minimum absolute atomic E-state index is 0.804. The van der Waals surface area contributed by atoms with Crippen LogP contribution in [0.4, 0.5) is 0 Å². The Labute approximate surface area is 103 Å². The Morgan fingerprint density at radius 3 is 1.44 bits per heavy atom. The molecule has 0 aliphatic rings. The molecule has 0 aromatic heterocycles. The van der Waals surface area contributed by atoms with Crippen LogP contribution in [0, 0.1) is 0 Å². The van der Waals surface area contributed by atoms with Gasteiger partial charge in [-0.2, -0.15) is 0 Å². The van der Waals surface area contributed by atoms with Crippen LogP contribution in [-0.4, -0.2) is 19.7 Å². The number of benzene rings is 2. The number of hydrogen-bond donors (Lipinski definition) is 0. The molecule has 0 heterocycles. The second-order valence-corrected chi connectivity index (χ2v) is 8.96. The van der Waals surface area contributed by atoms with Crippen molar-refractivity contribution in [1.82, 2.24) is 0 Å². The summed E-state index contributed by atoms with van der Waals surface area (Å²) in [5.41, 5.74) is 2.42.